The van der Waals surface area contributed by atoms with Gasteiger partial charge in [0, 0.05) is 25.7 Å². The minimum Gasteiger partial charge on any atom is -0.103 e. The van der Waals surface area contributed by atoms with Gasteiger partial charge in [-0.15, -0.1) is 23.7 Å². The molecule has 0 aliphatic heterocycles. The van der Waals surface area contributed by atoms with Crippen molar-refractivity contribution in [3.05, 3.63) is 0 Å². The summed E-state index contributed by atoms with van der Waals surface area (Å²) in [6, 6.07) is 0. The highest BCUT2D eigenvalue weighted by molar-refractivity contribution is 5.05. The minimum absolute atomic E-state index is 0.947. The normalized spacial score (nSPS) is 8.43. The molecule has 0 atom stereocenters. The Morgan fingerprint density at radius 3 is 1.29 bits per heavy atom. The van der Waals surface area contributed by atoms with Crippen molar-refractivity contribution in [2.75, 3.05) is 0 Å². The van der Waals surface area contributed by atoms with Crippen molar-refractivity contribution in [3.63, 3.8) is 0 Å². The monoisotopic (exact) mass is 190 g/mol. The first-order valence-electron chi connectivity index (χ1n) is 5.83. The van der Waals surface area contributed by atoms with E-state index in [9.17, 15) is 0 Å². The minimum atomic E-state index is 0.947. The Labute approximate surface area is 89.5 Å². The molecule has 0 aromatic heterocycles. The van der Waals surface area contributed by atoms with Gasteiger partial charge in [0.05, 0.1) is 0 Å². The second kappa shape index (κ2) is 12.1. The summed E-state index contributed by atoms with van der Waals surface area (Å²) in [7, 11) is 0. The standard InChI is InChI=1S/C14H22/c1-3-5-7-9-11-13-14-12-10-8-6-4-2/h3-8,13-14H2,1-2H3. The largest absolute Gasteiger partial charge is 0.103 e. The van der Waals surface area contributed by atoms with Crippen LogP contribution in [0.4, 0.5) is 0 Å². The summed E-state index contributed by atoms with van der Waals surface area (Å²) in [5, 5.41) is 0. The molecule has 0 nitrogen and oxygen atoms in total. The fraction of sp³-hybridized carbons (Fsp3) is 0.714. The van der Waals surface area contributed by atoms with Crippen LogP contribution in [0.5, 0.6) is 0 Å². The van der Waals surface area contributed by atoms with Crippen LogP contribution < -0.4 is 0 Å². The first-order valence-corrected chi connectivity index (χ1v) is 5.83. The van der Waals surface area contributed by atoms with E-state index in [2.05, 4.69) is 37.5 Å². The lowest BCUT2D eigenvalue weighted by molar-refractivity contribution is 0.826. The summed E-state index contributed by atoms with van der Waals surface area (Å²) >= 11 is 0. The second-order valence-corrected chi connectivity index (χ2v) is 3.41. The molecule has 0 amide bonds. The molecule has 0 unspecified atom stereocenters. The molecule has 0 fully saturated rings. The van der Waals surface area contributed by atoms with Gasteiger partial charge in [-0.3, -0.25) is 0 Å². The lowest BCUT2D eigenvalue weighted by Gasteiger charge is -1.85. The van der Waals surface area contributed by atoms with Gasteiger partial charge in [-0.2, -0.15) is 0 Å². The van der Waals surface area contributed by atoms with E-state index < -0.39 is 0 Å². The topological polar surface area (TPSA) is 0 Å². The summed E-state index contributed by atoms with van der Waals surface area (Å²) in [5.41, 5.74) is 0. The quantitative estimate of drug-likeness (QED) is 0.451. The first kappa shape index (κ1) is 13.1. The lowest BCUT2D eigenvalue weighted by atomic mass is 10.2. The van der Waals surface area contributed by atoms with Crippen molar-refractivity contribution in [1.29, 1.82) is 0 Å². The van der Waals surface area contributed by atoms with E-state index in [1.165, 1.54) is 25.7 Å². The third-order valence-electron chi connectivity index (χ3n) is 1.94. The smallest absolute Gasteiger partial charge is 0.0198 e. The molecule has 0 N–H and O–H groups in total. The number of rotatable bonds is 5. The fourth-order valence-corrected chi connectivity index (χ4v) is 1.01. The Morgan fingerprint density at radius 2 is 0.929 bits per heavy atom. The molecule has 0 aromatic rings. The maximum Gasteiger partial charge on any atom is 0.0198 e. The highest BCUT2D eigenvalue weighted by Crippen LogP contribution is 1.93. The summed E-state index contributed by atoms with van der Waals surface area (Å²) in [6.45, 7) is 4.39. The van der Waals surface area contributed by atoms with Gasteiger partial charge >= 0.3 is 0 Å². The Kier molecular flexibility index (Phi) is 11.4. The van der Waals surface area contributed by atoms with Crippen molar-refractivity contribution in [2.45, 2.75) is 65.2 Å². The summed E-state index contributed by atoms with van der Waals surface area (Å²) in [4.78, 5) is 0. The number of hydrogen-bond acceptors (Lipinski definition) is 0. The lowest BCUT2D eigenvalue weighted by Crippen LogP contribution is -1.70. The van der Waals surface area contributed by atoms with Crippen molar-refractivity contribution < 1.29 is 0 Å². The molecular formula is C14H22. The second-order valence-electron chi connectivity index (χ2n) is 3.41. The van der Waals surface area contributed by atoms with Gasteiger partial charge in [0.2, 0.25) is 0 Å². The van der Waals surface area contributed by atoms with Gasteiger partial charge in [-0.05, 0) is 12.8 Å². The highest BCUT2D eigenvalue weighted by Gasteiger charge is 1.78. The Morgan fingerprint density at radius 1 is 0.571 bits per heavy atom. The van der Waals surface area contributed by atoms with Crippen molar-refractivity contribution in [2.24, 2.45) is 0 Å². The van der Waals surface area contributed by atoms with Crippen LogP contribution >= 0.6 is 0 Å². The maximum absolute atomic E-state index is 3.17. The number of hydrogen-bond donors (Lipinski definition) is 0. The number of unbranched alkanes of at least 4 members (excludes halogenated alkanes) is 5. The van der Waals surface area contributed by atoms with Gasteiger partial charge < -0.3 is 0 Å². The maximum atomic E-state index is 3.17. The van der Waals surface area contributed by atoms with Gasteiger partial charge in [0.15, 0.2) is 0 Å². The Bertz CT molecular complexity index is 190. The molecule has 0 saturated heterocycles. The van der Waals surface area contributed by atoms with E-state index in [-0.39, 0.29) is 0 Å². The van der Waals surface area contributed by atoms with E-state index in [1.54, 1.807) is 0 Å². The third kappa shape index (κ3) is 11.1. The molecule has 0 aliphatic carbocycles. The Hall–Kier alpha value is -0.880. The van der Waals surface area contributed by atoms with Crippen LogP contribution in [0.1, 0.15) is 65.2 Å². The van der Waals surface area contributed by atoms with Crippen molar-refractivity contribution >= 4 is 0 Å². The molecule has 0 radical (unpaired) electrons. The van der Waals surface area contributed by atoms with Crippen LogP contribution in [0.3, 0.4) is 0 Å². The van der Waals surface area contributed by atoms with E-state index in [0.29, 0.717) is 0 Å². The molecule has 0 aliphatic rings. The predicted molar refractivity (Wildman–Crippen MR) is 63.8 cm³/mol. The van der Waals surface area contributed by atoms with Crippen molar-refractivity contribution in [3.8, 4) is 23.7 Å². The summed E-state index contributed by atoms with van der Waals surface area (Å²) < 4.78 is 0. The average molecular weight is 190 g/mol. The fourth-order valence-electron chi connectivity index (χ4n) is 1.01. The van der Waals surface area contributed by atoms with Crippen LogP contribution in [-0.4, -0.2) is 0 Å². The van der Waals surface area contributed by atoms with Crippen LogP contribution in [0.2, 0.25) is 0 Å². The highest BCUT2D eigenvalue weighted by atomic mass is 13.8. The van der Waals surface area contributed by atoms with Crippen LogP contribution in [-0.2, 0) is 0 Å². The first-order chi connectivity index (χ1) is 6.91. The third-order valence-corrected chi connectivity index (χ3v) is 1.94. The molecule has 0 spiro atoms. The van der Waals surface area contributed by atoms with Gasteiger partial charge in [0.1, 0.15) is 0 Å². The summed E-state index contributed by atoms with van der Waals surface area (Å²) in [5.74, 6) is 12.7. The molecule has 0 heteroatoms. The molecule has 0 heterocycles. The van der Waals surface area contributed by atoms with Gasteiger partial charge in [0.25, 0.3) is 0 Å². The van der Waals surface area contributed by atoms with Gasteiger partial charge in [-0.25, -0.2) is 0 Å². The average Bonchev–Trinajstić information content (AvgIpc) is 2.21. The van der Waals surface area contributed by atoms with E-state index >= 15 is 0 Å². The van der Waals surface area contributed by atoms with E-state index in [1.807, 2.05) is 0 Å². The summed E-state index contributed by atoms with van der Waals surface area (Å²) in [6.07, 6.45) is 8.95. The van der Waals surface area contributed by atoms with Crippen LogP contribution in [0.15, 0.2) is 0 Å². The molecule has 78 valence electrons. The molecular weight excluding hydrogens is 168 g/mol. The zero-order valence-corrected chi connectivity index (χ0v) is 9.66. The van der Waals surface area contributed by atoms with Gasteiger partial charge in [-0.1, -0.05) is 26.7 Å². The van der Waals surface area contributed by atoms with Crippen LogP contribution in [0, 0.1) is 23.7 Å². The van der Waals surface area contributed by atoms with Crippen LogP contribution in [0.25, 0.3) is 0 Å². The van der Waals surface area contributed by atoms with Crippen molar-refractivity contribution in [1.82, 2.24) is 0 Å². The SMILES string of the molecule is CCCCC#CCCC#CCCCC. The van der Waals surface area contributed by atoms with E-state index in [0.717, 1.165) is 25.7 Å². The molecule has 0 saturated carbocycles. The Balaban J connectivity index is 3.24. The van der Waals surface area contributed by atoms with E-state index in [4.69, 9.17) is 0 Å². The predicted octanol–water partition coefficient (Wildman–Crippen LogP) is 4.15. The zero-order chi connectivity index (χ0) is 10.5. The molecule has 0 aromatic carbocycles. The molecule has 0 bridgehead atoms. The molecule has 0 rings (SSSR count). The zero-order valence-electron chi connectivity index (χ0n) is 9.66. The molecule has 14 heavy (non-hydrogen) atoms.